The summed E-state index contributed by atoms with van der Waals surface area (Å²) in [6, 6.07) is 2.48. The zero-order chi connectivity index (χ0) is 15.8. The molecule has 1 saturated heterocycles. The number of alkyl halides is 3. The van der Waals surface area contributed by atoms with E-state index in [0.29, 0.717) is 18.9 Å². The first-order valence-corrected chi connectivity index (χ1v) is 7.99. The summed E-state index contributed by atoms with van der Waals surface area (Å²) in [6.07, 6.45) is -4.60. The van der Waals surface area contributed by atoms with Gasteiger partial charge in [-0.2, -0.15) is 17.5 Å². The Morgan fingerprint density at radius 1 is 1.33 bits per heavy atom. The van der Waals surface area contributed by atoms with E-state index < -0.39 is 37.8 Å². The van der Waals surface area contributed by atoms with E-state index in [9.17, 15) is 26.7 Å². The highest BCUT2D eigenvalue weighted by Gasteiger charge is 2.36. The molecule has 0 amide bonds. The lowest BCUT2D eigenvalue weighted by molar-refractivity contribution is -0.137. The summed E-state index contributed by atoms with van der Waals surface area (Å²) >= 11 is 5.47. The molecule has 0 bridgehead atoms. The Labute approximate surface area is 125 Å². The Bertz CT molecular complexity index is 633. The van der Waals surface area contributed by atoms with Crippen LogP contribution in [-0.2, 0) is 16.2 Å². The lowest BCUT2D eigenvalue weighted by Gasteiger charge is -2.29. The maximum absolute atomic E-state index is 12.8. The van der Waals surface area contributed by atoms with Gasteiger partial charge >= 0.3 is 6.18 Å². The molecular formula is C12H13ClF3NO3S. The summed E-state index contributed by atoms with van der Waals surface area (Å²) < 4.78 is 64.0. The smallest absolute Gasteiger partial charge is 0.392 e. The molecule has 1 aliphatic rings. The summed E-state index contributed by atoms with van der Waals surface area (Å²) in [4.78, 5) is -0.478. The van der Waals surface area contributed by atoms with E-state index in [0.717, 1.165) is 16.4 Å². The van der Waals surface area contributed by atoms with Crippen LogP contribution in [0.1, 0.15) is 18.4 Å². The number of aliphatic hydroxyl groups is 1. The van der Waals surface area contributed by atoms with Crippen molar-refractivity contribution < 1.29 is 26.7 Å². The molecule has 2 rings (SSSR count). The number of halogens is 4. The predicted octanol–water partition coefficient (Wildman–Crippen LogP) is 2.50. The van der Waals surface area contributed by atoms with Crippen LogP contribution in [0.25, 0.3) is 0 Å². The summed E-state index contributed by atoms with van der Waals surface area (Å²) in [7, 11) is -4.08. The van der Waals surface area contributed by atoms with Crippen molar-refractivity contribution in [3.05, 3.63) is 28.8 Å². The maximum atomic E-state index is 12.8. The molecule has 1 atom stereocenters. The second kappa shape index (κ2) is 5.75. The molecule has 1 fully saturated rings. The van der Waals surface area contributed by atoms with Gasteiger partial charge in [0.15, 0.2) is 0 Å². The number of sulfonamides is 1. The lowest BCUT2D eigenvalue weighted by Crippen LogP contribution is -2.42. The minimum Gasteiger partial charge on any atom is -0.392 e. The van der Waals surface area contributed by atoms with Gasteiger partial charge < -0.3 is 5.11 Å². The van der Waals surface area contributed by atoms with Gasteiger partial charge in [0.05, 0.1) is 21.6 Å². The molecule has 0 unspecified atom stereocenters. The molecular weight excluding hydrogens is 331 g/mol. The topological polar surface area (TPSA) is 57.6 Å². The van der Waals surface area contributed by atoms with Crippen LogP contribution in [0.2, 0.25) is 5.02 Å². The Balaban J connectivity index is 2.41. The van der Waals surface area contributed by atoms with Crippen LogP contribution in [0.5, 0.6) is 0 Å². The average molecular weight is 344 g/mol. The highest BCUT2D eigenvalue weighted by molar-refractivity contribution is 7.89. The molecule has 118 valence electrons. The van der Waals surface area contributed by atoms with Crippen molar-refractivity contribution in [2.45, 2.75) is 30.0 Å². The molecule has 1 aliphatic heterocycles. The average Bonchev–Trinajstić information content (AvgIpc) is 2.37. The highest BCUT2D eigenvalue weighted by atomic mass is 35.5. The molecule has 0 spiro atoms. The van der Waals surface area contributed by atoms with Crippen LogP contribution >= 0.6 is 11.6 Å². The quantitative estimate of drug-likeness (QED) is 0.897. The van der Waals surface area contributed by atoms with Crippen molar-refractivity contribution in [1.29, 1.82) is 0 Å². The minimum absolute atomic E-state index is 0.119. The van der Waals surface area contributed by atoms with E-state index >= 15 is 0 Å². The zero-order valence-electron chi connectivity index (χ0n) is 10.8. The molecule has 4 nitrogen and oxygen atoms in total. The van der Waals surface area contributed by atoms with Crippen molar-refractivity contribution in [3.8, 4) is 0 Å². The number of nitrogens with zero attached hydrogens (tertiary/aromatic N) is 1. The third-order valence-electron chi connectivity index (χ3n) is 3.24. The SMILES string of the molecule is O=S(=O)(c1ccc(Cl)c(C(F)(F)F)c1)N1CCC[C@H](O)C1. The summed E-state index contributed by atoms with van der Waals surface area (Å²) in [5, 5.41) is 8.96. The highest BCUT2D eigenvalue weighted by Crippen LogP contribution is 2.36. The summed E-state index contributed by atoms with van der Waals surface area (Å²) in [5.74, 6) is 0. The second-order valence-electron chi connectivity index (χ2n) is 4.80. The number of β-amino-alcohol motifs (C(OH)–C–C–N with tert-alkyl or cyclic N) is 1. The minimum atomic E-state index is -4.73. The van der Waals surface area contributed by atoms with Crippen molar-refractivity contribution >= 4 is 21.6 Å². The molecule has 1 N–H and O–H groups in total. The molecule has 0 aromatic heterocycles. The van der Waals surface area contributed by atoms with E-state index in [1.165, 1.54) is 0 Å². The van der Waals surface area contributed by atoms with Crippen LogP contribution in [0.4, 0.5) is 13.2 Å². The third kappa shape index (κ3) is 3.50. The molecule has 21 heavy (non-hydrogen) atoms. The van der Waals surface area contributed by atoms with E-state index in [2.05, 4.69) is 0 Å². The number of benzene rings is 1. The van der Waals surface area contributed by atoms with E-state index in [4.69, 9.17) is 11.6 Å². The maximum Gasteiger partial charge on any atom is 0.417 e. The van der Waals surface area contributed by atoms with Crippen LogP contribution in [0.15, 0.2) is 23.1 Å². The zero-order valence-corrected chi connectivity index (χ0v) is 12.3. The van der Waals surface area contributed by atoms with Gasteiger partial charge in [-0.15, -0.1) is 0 Å². The van der Waals surface area contributed by atoms with Gasteiger partial charge in [0.25, 0.3) is 0 Å². The van der Waals surface area contributed by atoms with Crippen LogP contribution in [0.3, 0.4) is 0 Å². The predicted molar refractivity (Wildman–Crippen MR) is 70.5 cm³/mol. The van der Waals surface area contributed by atoms with Gasteiger partial charge in [-0.25, -0.2) is 8.42 Å². The standard InChI is InChI=1S/C12H13ClF3NO3S/c13-11-4-3-9(6-10(11)12(14,15)16)21(19,20)17-5-1-2-8(18)7-17/h3-4,6,8,18H,1-2,5,7H2/t8-/m0/s1. The molecule has 0 radical (unpaired) electrons. The second-order valence-corrected chi connectivity index (χ2v) is 7.14. The fourth-order valence-electron chi connectivity index (χ4n) is 2.17. The van der Waals surface area contributed by atoms with Gasteiger partial charge in [0.2, 0.25) is 10.0 Å². The normalized spacial score (nSPS) is 21.5. The molecule has 9 heteroatoms. The molecule has 1 aromatic carbocycles. The number of aliphatic hydroxyl groups excluding tert-OH is 1. The summed E-state index contributed by atoms with van der Waals surface area (Å²) in [6.45, 7) is 0.0513. The Morgan fingerprint density at radius 3 is 2.57 bits per heavy atom. The van der Waals surface area contributed by atoms with Crippen LogP contribution in [0, 0.1) is 0 Å². The molecule has 1 heterocycles. The van der Waals surface area contributed by atoms with Crippen LogP contribution < -0.4 is 0 Å². The first-order chi connectivity index (χ1) is 9.62. The van der Waals surface area contributed by atoms with Gasteiger partial charge in [-0.3, -0.25) is 0 Å². The Kier molecular flexibility index (Phi) is 4.53. The Morgan fingerprint density at radius 2 is 2.00 bits per heavy atom. The van der Waals surface area contributed by atoms with Crippen molar-refractivity contribution in [1.82, 2.24) is 4.31 Å². The molecule has 0 aliphatic carbocycles. The lowest BCUT2D eigenvalue weighted by atomic mass is 10.1. The fourth-order valence-corrected chi connectivity index (χ4v) is 3.94. The van der Waals surface area contributed by atoms with Gasteiger partial charge in [0, 0.05) is 13.1 Å². The van der Waals surface area contributed by atoms with Gasteiger partial charge in [0.1, 0.15) is 0 Å². The third-order valence-corrected chi connectivity index (χ3v) is 5.43. The number of piperidine rings is 1. The van der Waals surface area contributed by atoms with Crippen molar-refractivity contribution in [2.24, 2.45) is 0 Å². The van der Waals surface area contributed by atoms with Crippen molar-refractivity contribution in [2.75, 3.05) is 13.1 Å². The first kappa shape index (κ1) is 16.5. The Hall–Kier alpha value is -0.830. The van der Waals surface area contributed by atoms with E-state index in [1.807, 2.05) is 0 Å². The van der Waals surface area contributed by atoms with Crippen LogP contribution in [-0.4, -0.2) is 37.0 Å². The van der Waals surface area contributed by atoms with Gasteiger partial charge in [-0.05, 0) is 31.0 Å². The number of hydrogen-bond donors (Lipinski definition) is 1. The fraction of sp³-hybridized carbons (Fsp3) is 0.500. The largest absolute Gasteiger partial charge is 0.417 e. The van der Waals surface area contributed by atoms with E-state index in [1.54, 1.807) is 0 Å². The van der Waals surface area contributed by atoms with E-state index in [-0.39, 0.29) is 13.1 Å². The number of hydrogen-bond acceptors (Lipinski definition) is 3. The number of rotatable bonds is 2. The summed E-state index contributed by atoms with van der Waals surface area (Å²) in [5.41, 5.74) is -1.19. The monoisotopic (exact) mass is 343 g/mol. The molecule has 0 saturated carbocycles. The first-order valence-electron chi connectivity index (χ1n) is 6.17. The molecule has 1 aromatic rings. The van der Waals surface area contributed by atoms with Gasteiger partial charge in [-0.1, -0.05) is 11.6 Å². The van der Waals surface area contributed by atoms with Crippen molar-refractivity contribution in [3.63, 3.8) is 0 Å².